The highest BCUT2D eigenvalue weighted by atomic mass is 16.5. The Morgan fingerprint density at radius 3 is 2.04 bits per heavy atom. The van der Waals surface area contributed by atoms with Gasteiger partial charge >= 0.3 is 17.9 Å². The van der Waals surface area contributed by atoms with Crippen molar-refractivity contribution in [1.82, 2.24) is 9.78 Å². The molecule has 0 atom stereocenters. The van der Waals surface area contributed by atoms with Crippen molar-refractivity contribution >= 4 is 29.5 Å². The Morgan fingerprint density at radius 2 is 1.58 bits per heavy atom. The number of esters is 2. The first kappa shape index (κ1) is 18.6. The molecule has 0 spiro atoms. The lowest BCUT2D eigenvalue weighted by Crippen LogP contribution is -2.18. The highest BCUT2D eigenvalue weighted by Crippen LogP contribution is 2.19. The number of aromatic carboxylic acids is 1. The summed E-state index contributed by atoms with van der Waals surface area (Å²) < 4.78 is 10.3. The number of nitrogens with zero attached hydrogens (tertiary/aromatic N) is 2. The van der Waals surface area contributed by atoms with E-state index in [2.05, 4.69) is 19.9 Å². The summed E-state index contributed by atoms with van der Waals surface area (Å²) in [7, 11) is 3.72. The number of rotatable bonds is 5. The summed E-state index contributed by atoms with van der Waals surface area (Å²) in [4.78, 5) is 47.2. The van der Waals surface area contributed by atoms with Gasteiger partial charge in [-0.3, -0.25) is 9.48 Å². The summed E-state index contributed by atoms with van der Waals surface area (Å²) >= 11 is 0. The van der Waals surface area contributed by atoms with Crippen LogP contribution in [0.3, 0.4) is 0 Å². The number of nitrogens with one attached hydrogen (secondary N) is 1. The topological polar surface area (TPSA) is 137 Å². The van der Waals surface area contributed by atoms with Gasteiger partial charge in [0, 0.05) is 12.7 Å². The first-order valence-corrected chi connectivity index (χ1v) is 7.16. The van der Waals surface area contributed by atoms with Crippen molar-refractivity contribution in [1.29, 1.82) is 0 Å². The van der Waals surface area contributed by atoms with Gasteiger partial charge in [0.05, 0.1) is 37.1 Å². The Hall–Kier alpha value is -3.69. The zero-order valence-corrected chi connectivity index (χ0v) is 14.1. The number of methoxy groups -OCH3 is 2. The van der Waals surface area contributed by atoms with E-state index in [0.29, 0.717) is 0 Å². The molecule has 10 nitrogen and oxygen atoms in total. The maximum absolute atomic E-state index is 12.4. The molecule has 0 aliphatic carbocycles. The lowest BCUT2D eigenvalue weighted by atomic mass is 10.1. The summed E-state index contributed by atoms with van der Waals surface area (Å²) in [5.41, 5.74) is -0.382. The predicted octanol–water partition coefficient (Wildman–Crippen LogP) is 0.944. The summed E-state index contributed by atoms with van der Waals surface area (Å²) in [6.45, 7) is 0. The summed E-state index contributed by atoms with van der Waals surface area (Å²) in [6.07, 6.45) is 1.10. The number of aryl methyl sites for hydroxylation is 1. The second-order valence-electron chi connectivity index (χ2n) is 5.07. The van der Waals surface area contributed by atoms with Crippen molar-refractivity contribution < 1.29 is 33.8 Å². The van der Waals surface area contributed by atoms with Crippen LogP contribution in [0.4, 0.5) is 5.69 Å². The Morgan fingerprint density at radius 1 is 1.04 bits per heavy atom. The molecule has 1 aromatic heterocycles. The quantitative estimate of drug-likeness (QED) is 0.751. The van der Waals surface area contributed by atoms with Crippen LogP contribution in [0.15, 0.2) is 24.4 Å². The number of carboxylic acid groups (broad SMARTS) is 1. The number of carbonyl (C=O) groups is 4. The molecule has 1 heterocycles. The van der Waals surface area contributed by atoms with Gasteiger partial charge in [0.25, 0.3) is 5.91 Å². The van der Waals surface area contributed by atoms with Crippen molar-refractivity contribution in [3.63, 3.8) is 0 Å². The van der Waals surface area contributed by atoms with Crippen molar-refractivity contribution in [3.05, 3.63) is 46.8 Å². The third-order valence-corrected chi connectivity index (χ3v) is 3.42. The van der Waals surface area contributed by atoms with Crippen LogP contribution in [0.25, 0.3) is 0 Å². The molecule has 10 heteroatoms. The Labute approximate surface area is 147 Å². The molecule has 1 aromatic carbocycles. The van der Waals surface area contributed by atoms with Gasteiger partial charge in [-0.15, -0.1) is 0 Å². The SMILES string of the molecule is COC(=O)c1cc(NC(=O)c2cnn(C)c2C(=O)O)cc(C(=O)OC)c1. The molecule has 0 unspecified atom stereocenters. The van der Waals surface area contributed by atoms with E-state index in [1.165, 1.54) is 39.5 Å². The minimum absolute atomic E-state index is 0.00958. The average molecular weight is 361 g/mol. The van der Waals surface area contributed by atoms with Crippen LogP contribution < -0.4 is 5.32 Å². The number of ether oxygens (including phenoxy) is 2. The van der Waals surface area contributed by atoms with Crippen LogP contribution in [0.5, 0.6) is 0 Å². The fraction of sp³-hybridized carbons (Fsp3) is 0.188. The predicted molar refractivity (Wildman–Crippen MR) is 87.2 cm³/mol. The highest BCUT2D eigenvalue weighted by molar-refractivity contribution is 6.10. The second kappa shape index (κ2) is 7.47. The zero-order valence-electron chi connectivity index (χ0n) is 14.1. The second-order valence-corrected chi connectivity index (χ2v) is 5.07. The molecule has 0 bridgehead atoms. The number of hydrogen-bond acceptors (Lipinski definition) is 7. The van der Waals surface area contributed by atoms with Gasteiger partial charge in [-0.1, -0.05) is 0 Å². The minimum atomic E-state index is -1.33. The van der Waals surface area contributed by atoms with E-state index in [-0.39, 0.29) is 28.1 Å². The van der Waals surface area contributed by atoms with E-state index in [0.717, 1.165) is 10.9 Å². The number of carbonyl (C=O) groups excluding carboxylic acids is 3. The molecular formula is C16H15N3O7. The molecule has 2 rings (SSSR count). The van der Waals surface area contributed by atoms with Crippen LogP contribution in [0.1, 0.15) is 41.6 Å². The molecule has 0 fully saturated rings. The standard InChI is InChI=1S/C16H15N3O7/c1-19-12(14(21)22)11(7-17-19)13(20)18-10-5-8(15(23)25-2)4-9(6-10)16(24)26-3/h4-7H,1-3H3,(H,18,20)(H,21,22). The van der Waals surface area contributed by atoms with E-state index in [4.69, 9.17) is 0 Å². The highest BCUT2D eigenvalue weighted by Gasteiger charge is 2.22. The molecule has 26 heavy (non-hydrogen) atoms. The van der Waals surface area contributed by atoms with Gasteiger partial charge in [-0.2, -0.15) is 5.10 Å². The van der Waals surface area contributed by atoms with Crippen LogP contribution in [0.2, 0.25) is 0 Å². The van der Waals surface area contributed by atoms with Crippen LogP contribution in [-0.4, -0.2) is 52.9 Å². The molecule has 1 amide bonds. The summed E-state index contributed by atoms with van der Waals surface area (Å²) in [5, 5.41) is 15.4. The zero-order chi connectivity index (χ0) is 19.4. The van der Waals surface area contributed by atoms with Crippen LogP contribution >= 0.6 is 0 Å². The van der Waals surface area contributed by atoms with Crippen molar-refractivity contribution in [2.45, 2.75) is 0 Å². The number of benzene rings is 1. The average Bonchev–Trinajstić information content (AvgIpc) is 3.01. The van der Waals surface area contributed by atoms with E-state index < -0.39 is 23.8 Å². The fourth-order valence-electron chi connectivity index (χ4n) is 2.23. The Bertz CT molecular complexity index is 867. The number of aromatic nitrogens is 2. The van der Waals surface area contributed by atoms with Crippen LogP contribution in [-0.2, 0) is 16.5 Å². The maximum atomic E-state index is 12.4. The van der Waals surface area contributed by atoms with Crippen molar-refractivity contribution in [3.8, 4) is 0 Å². The largest absolute Gasteiger partial charge is 0.477 e. The van der Waals surface area contributed by atoms with Gasteiger partial charge < -0.3 is 19.9 Å². The first-order chi connectivity index (χ1) is 12.3. The van der Waals surface area contributed by atoms with Gasteiger partial charge in [0.15, 0.2) is 5.69 Å². The van der Waals surface area contributed by atoms with E-state index >= 15 is 0 Å². The Kier molecular flexibility index (Phi) is 5.36. The Balaban J connectivity index is 2.42. The number of amides is 1. The molecule has 2 aromatic rings. The molecule has 0 saturated heterocycles. The van der Waals surface area contributed by atoms with Gasteiger partial charge in [0.2, 0.25) is 0 Å². The molecule has 0 aliphatic heterocycles. The van der Waals surface area contributed by atoms with Crippen molar-refractivity contribution in [2.24, 2.45) is 7.05 Å². The maximum Gasteiger partial charge on any atom is 0.354 e. The van der Waals surface area contributed by atoms with Gasteiger partial charge in [-0.05, 0) is 18.2 Å². The van der Waals surface area contributed by atoms with Crippen molar-refractivity contribution in [2.75, 3.05) is 19.5 Å². The molecular weight excluding hydrogens is 346 g/mol. The molecule has 136 valence electrons. The third-order valence-electron chi connectivity index (χ3n) is 3.42. The monoisotopic (exact) mass is 361 g/mol. The van der Waals surface area contributed by atoms with Gasteiger partial charge in [0.1, 0.15) is 0 Å². The first-order valence-electron chi connectivity index (χ1n) is 7.16. The molecule has 0 radical (unpaired) electrons. The lowest BCUT2D eigenvalue weighted by Gasteiger charge is -2.09. The summed E-state index contributed by atoms with van der Waals surface area (Å²) in [6, 6.07) is 3.82. The normalized spacial score (nSPS) is 10.1. The minimum Gasteiger partial charge on any atom is -0.477 e. The number of hydrogen-bond donors (Lipinski definition) is 2. The molecule has 2 N–H and O–H groups in total. The van der Waals surface area contributed by atoms with Gasteiger partial charge in [-0.25, -0.2) is 14.4 Å². The molecule has 0 saturated carbocycles. The lowest BCUT2D eigenvalue weighted by molar-refractivity contribution is 0.0597. The fourth-order valence-corrected chi connectivity index (χ4v) is 2.23. The van der Waals surface area contributed by atoms with E-state index in [1.807, 2.05) is 0 Å². The number of anilines is 1. The number of carboxylic acids is 1. The summed E-state index contributed by atoms with van der Waals surface area (Å²) in [5.74, 6) is -3.54. The van der Waals surface area contributed by atoms with Crippen LogP contribution in [0, 0.1) is 0 Å². The van der Waals surface area contributed by atoms with E-state index in [1.54, 1.807) is 0 Å². The molecule has 0 aliphatic rings. The third kappa shape index (κ3) is 3.69. The van der Waals surface area contributed by atoms with E-state index in [9.17, 15) is 24.3 Å². The smallest absolute Gasteiger partial charge is 0.354 e.